The molecule has 4 aliphatic rings. The van der Waals surface area contributed by atoms with Crippen LogP contribution in [0.2, 0.25) is 0 Å². The number of nitrogens with one attached hydrogen (secondary N) is 1. The van der Waals surface area contributed by atoms with Crippen molar-refractivity contribution in [3.05, 3.63) is 36.0 Å². The lowest BCUT2D eigenvalue weighted by molar-refractivity contribution is -0.0166. The summed E-state index contributed by atoms with van der Waals surface area (Å²) in [5.74, 6) is 2.62. The van der Waals surface area contributed by atoms with Gasteiger partial charge in [0, 0.05) is 35.8 Å². The molecule has 0 atom stereocenters. The topological polar surface area (TPSA) is 54.3 Å². The van der Waals surface area contributed by atoms with Crippen LogP contribution in [0.4, 0.5) is 0 Å². The highest BCUT2D eigenvalue weighted by molar-refractivity contribution is 6.07. The van der Waals surface area contributed by atoms with Gasteiger partial charge in [-0.25, -0.2) is 0 Å². The first kappa shape index (κ1) is 18.2. The second-order valence-corrected chi connectivity index (χ2v) is 9.69. The zero-order chi connectivity index (χ0) is 19.1. The van der Waals surface area contributed by atoms with Gasteiger partial charge in [0.25, 0.3) is 5.91 Å². The van der Waals surface area contributed by atoms with Gasteiger partial charge in [0.1, 0.15) is 0 Å². The molecule has 0 unspecified atom stereocenters. The summed E-state index contributed by atoms with van der Waals surface area (Å²) in [5, 5.41) is 13.6. The summed E-state index contributed by atoms with van der Waals surface area (Å²) in [4.78, 5) is 13.4. The number of hydrogen-bond acceptors (Lipinski definition) is 2. The van der Waals surface area contributed by atoms with Crippen molar-refractivity contribution < 1.29 is 9.90 Å². The van der Waals surface area contributed by atoms with Gasteiger partial charge < -0.3 is 15.0 Å². The number of amides is 1. The molecule has 1 aromatic carbocycles. The minimum absolute atomic E-state index is 0.0517. The highest BCUT2D eigenvalue weighted by Gasteiger charge is 2.51. The predicted octanol–water partition coefficient (Wildman–Crippen LogP) is 4.50. The third-order valence-electron chi connectivity index (χ3n) is 7.51. The van der Waals surface area contributed by atoms with Crippen molar-refractivity contribution in [1.82, 2.24) is 9.88 Å². The molecule has 28 heavy (non-hydrogen) atoms. The number of aliphatic hydroxyl groups is 1. The first-order chi connectivity index (χ1) is 13.7. The molecular weight excluding hydrogens is 348 g/mol. The summed E-state index contributed by atoms with van der Waals surface area (Å²) < 4.78 is 2.22. The molecule has 6 rings (SSSR count). The van der Waals surface area contributed by atoms with Gasteiger partial charge >= 0.3 is 0 Å². The van der Waals surface area contributed by atoms with Crippen LogP contribution >= 0.6 is 0 Å². The number of nitrogens with zero attached hydrogens (tertiary/aromatic N) is 1. The quantitative estimate of drug-likeness (QED) is 0.695. The number of benzene rings is 1. The summed E-state index contributed by atoms with van der Waals surface area (Å²) in [6.07, 6.45) is 12.7. The van der Waals surface area contributed by atoms with E-state index in [1.165, 1.54) is 38.5 Å². The fourth-order valence-electron chi connectivity index (χ4n) is 6.76. The SMILES string of the molecule is O=C(NC12CC3CC(CC(C3)C1)C2)c1cn(CCCCCO)c2ccccc12. The van der Waals surface area contributed by atoms with E-state index in [0.29, 0.717) is 0 Å². The van der Waals surface area contributed by atoms with Crippen LogP contribution in [-0.2, 0) is 6.54 Å². The van der Waals surface area contributed by atoms with Gasteiger partial charge in [-0.1, -0.05) is 18.2 Å². The summed E-state index contributed by atoms with van der Waals surface area (Å²) >= 11 is 0. The van der Waals surface area contributed by atoms with E-state index < -0.39 is 0 Å². The van der Waals surface area contributed by atoms with Crippen molar-refractivity contribution in [2.75, 3.05) is 6.61 Å². The zero-order valence-electron chi connectivity index (χ0n) is 16.7. The molecule has 1 amide bonds. The van der Waals surface area contributed by atoms with Gasteiger partial charge in [-0.3, -0.25) is 4.79 Å². The van der Waals surface area contributed by atoms with Crippen molar-refractivity contribution >= 4 is 16.8 Å². The Bertz CT molecular complexity index is 833. The van der Waals surface area contributed by atoms with Crippen LogP contribution in [0.15, 0.2) is 30.5 Å². The van der Waals surface area contributed by atoms with E-state index in [4.69, 9.17) is 5.11 Å². The molecule has 0 spiro atoms. The molecule has 4 heteroatoms. The molecule has 2 N–H and O–H groups in total. The van der Waals surface area contributed by atoms with E-state index in [-0.39, 0.29) is 18.1 Å². The number of aryl methyl sites for hydroxylation is 1. The molecule has 4 saturated carbocycles. The molecule has 0 aliphatic heterocycles. The number of aliphatic hydroxyl groups excluding tert-OH is 1. The van der Waals surface area contributed by atoms with E-state index >= 15 is 0 Å². The number of para-hydroxylation sites is 1. The second-order valence-electron chi connectivity index (χ2n) is 9.69. The number of rotatable bonds is 7. The van der Waals surface area contributed by atoms with Gasteiger partial charge in [0.15, 0.2) is 0 Å². The van der Waals surface area contributed by atoms with Crippen molar-refractivity contribution in [3.63, 3.8) is 0 Å². The maximum absolute atomic E-state index is 13.4. The van der Waals surface area contributed by atoms with E-state index in [0.717, 1.165) is 60.0 Å². The number of carbonyl (C=O) groups excluding carboxylic acids is 1. The maximum Gasteiger partial charge on any atom is 0.253 e. The van der Waals surface area contributed by atoms with E-state index in [1.807, 2.05) is 12.1 Å². The Kier molecular flexibility index (Phi) is 4.70. The highest BCUT2D eigenvalue weighted by atomic mass is 16.2. The summed E-state index contributed by atoms with van der Waals surface area (Å²) in [6.45, 7) is 1.15. The Labute approximate surface area is 167 Å². The fraction of sp³-hybridized carbons (Fsp3) is 0.625. The average molecular weight is 381 g/mol. The lowest BCUT2D eigenvalue weighted by Crippen LogP contribution is -2.59. The highest BCUT2D eigenvalue weighted by Crippen LogP contribution is 2.55. The Morgan fingerprint density at radius 3 is 2.39 bits per heavy atom. The molecule has 4 aliphatic carbocycles. The standard InChI is InChI=1S/C24H32N2O2/c27-9-5-1-4-8-26-16-21(20-6-2-3-7-22(20)26)23(28)25-24-13-17-10-18(14-24)12-19(11-17)15-24/h2-3,6-7,16-19,27H,1,4-5,8-15H2,(H,25,28). The fourth-order valence-corrected chi connectivity index (χ4v) is 6.76. The van der Waals surface area contributed by atoms with Gasteiger partial charge in [-0.15, -0.1) is 0 Å². The maximum atomic E-state index is 13.4. The number of unbranched alkanes of at least 4 members (excludes halogenated alkanes) is 2. The van der Waals surface area contributed by atoms with Crippen molar-refractivity contribution in [3.8, 4) is 0 Å². The number of hydrogen-bond donors (Lipinski definition) is 2. The molecule has 2 aromatic rings. The molecule has 4 bridgehead atoms. The van der Waals surface area contributed by atoms with Gasteiger partial charge in [0.2, 0.25) is 0 Å². The Balaban J connectivity index is 1.37. The second kappa shape index (κ2) is 7.22. The van der Waals surface area contributed by atoms with Crippen molar-refractivity contribution in [2.45, 2.75) is 69.9 Å². The average Bonchev–Trinajstić information content (AvgIpc) is 3.03. The van der Waals surface area contributed by atoms with Gasteiger partial charge in [0.05, 0.1) is 5.56 Å². The molecule has 150 valence electrons. The number of carbonyl (C=O) groups is 1. The van der Waals surface area contributed by atoms with Crippen LogP contribution < -0.4 is 5.32 Å². The molecule has 4 fully saturated rings. The van der Waals surface area contributed by atoms with E-state index in [1.54, 1.807) is 0 Å². The largest absolute Gasteiger partial charge is 0.396 e. The van der Waals surface area contributed by atoms with Crippen LogP contribution in [0.25, 0.3) is 10.9 Å². The molecule has 4 nitrogen and oxygen atoms in total. The van der Waals surface area contributed by atoms with E-state index in [9.17, 15) is 4.79 Å². The Morgan fingerprint density at radius 2 is 1.71 bits per heavy atom. The number of aromatic nitrogens is 1. The Morgan fingerprint density at radius 1 is 1.04 bits per heavy atom. The molecule has 0 saturated heterocycles. The van der Waals surface area contributed by atoms with E-state index in [2.05, 4.69) is 28.2 Å². The first-order valence-electron chi connectivity index (χ1n) is 11.2. The minimum Gasteiger partial charge on any atom is -0.396 e. The third-order valence-corrected chi connectivity index (χ3v) is 7.51. The lowest BCUT2D eigenvalue weighted by atomic mass is 9.53. The molecule has 1 heterocycles. The van der Waals surface area contributed by atoms with Crippen LogP contribution in [0.5, 0.6) is 0 Å². The molecule has 0 radical (unpaired) electrons. The van der Waals surface area contributed by atoms with Crippen LogP contribution in [-0.4, -0.2) is 27.7 Å². The smallest absolute Gasteiger partial charge is 0.253 e. The molecule has 1 aromatic heterocycles. The Hall–Kier alpha value is -1.81. The minimum atomic E-state index is 0.0517. The lowest BCUT2D eigenvalue weighted by Gasteiger charge is -2.56. The van der Waals surface area contributed by atoms with Crippen LogP contribution in [0.3, 0.4) is 0 Å². The summed E-state index contributed by atoms with van der Waals surface area (Å²) in [5.41, 5.74) is 2.02. The molecular formula is C24H32N2O2. The van der Waals surface area contributed by atoms with Crippen LogP contribution in [0.1, 0.15) is 68.1 Å². The van der Waals surface area contributed by atoms with Gasteiger partial charge in [-0.05, 0) is 81.6 Å². The van der Waals surface area contributed by atoms with Gasteiger partial charge in [-0.2, -0.15) is 0 Å². The summed E-state index contributed by atoms with van der Waals surface area (Å²) in [7, 11) is 0. The third kappa shape index (κ3) is 3.26. The zero-order valence-corrected chi connectivity index (χ0v) is 16.7. The predicted molar refractivity (Wildman–Crippen MR) is 111 cm³/mol. The number of fused-ring (bicyclic) bond motifs is 1. The van der Waals surface area contributed by atoms with Crippen molar-refractivity contribution in [2.24, 2.45) is 17.8 Å². The monoisotopic (exact) mass is 380 g/mol. The normalized spacial score (nSPS) is 30.8. The summed E-state index contributed by atoms with van der Waals surface area (Å²) in [6, 6.07) is 8.27. The first-order valence-corrected chi connectivity index (χ1v) is 11.2. The van der Waals surface area contributed by atoms with Crippen LogP contribution in [0, 0.1) is 17.8 Å². The van der Waals surface area contributed by atoms with Crippen molar-refractivity contribution in [1.29, 1.82) is 0 Å².